The van der Waals surface area contributed by atoms with Crippen molar-refractivity contribution >= 4 is 21.6 Å². The molecule has 0 aromatic heterocycles. The summed E-state index contributed by atoms with van der Waals surface area (Å²) in [5.74, 6) is 0.322. The molecule has 2 aromatic rings. The summed E-state index contributed by atoms with van der Waals surface area (Å²) >= 11 is 3.43. The van der Waals surface area contributed by atoms with Gasteiger partial charge in [-0.15, -0.1) is 0 Å². The van der Waals surface area contributed by atoms with Crippen molar-refractivity contribution in [2.75, 3.05) is 5.32 Å². The monoisotopic (exact) mass is 319 g/mol. The van der Waals surface area contributed by atoms with Crippen LogP contribution in [0.2, 0.25) is 0 Å². The molecule has 19 heavy (non-hydrogen) atoms. The lowest BCUT2D eigenvalue weighted by atomic mass is 10.1. The number of nitrogens with one attached hydrogen (secondary N) is 1. The van der Waals surface area contributed by atoms with Gasteiger partial charge in [0.1, 0.15) is 5.75 Å². The van der Waals surface area contributed by atoms with E-state index in [2.05, 4.69) is 53.3 Å². The second-order valence-electron chi connectivity index (χ2n) is 4.59. The van der Waals surface area contributed by atoms with Crippen LogP contribution in [0, 0.1) is 6.92 Å². The molecule has 0 amide bonds. The van der Waals surface area contributed by atoms with Gasteiger partial charge >= 0.3 is 0 Å². The van der Waals surface area contributed by atoms with Gasteiger partial charge in [-0.3, -0.25) is 0 Å². The minimum Gasteiger partial charge on any atom is -0.508 e. The fourth-order valence-corrected chi connectivity index (χ4v) is 2.56. The lowest BCUT2D eigenvalue weighted by Gasteiger charge is -2.14. The van der Waals surface area contributed by atoms with Crippen molar-refractivity contribution in [3.63, 3.8) is 0 Å². The number of phenolic OH excluding ortho intramolecular Hbond substituents is 1. The second-order valence-corrected chi connectivity index (χ2v) is 5.50. The number of aryl methyl sites for hydroxylation is 2. The number of rotatable bonds is 4. The van der Waals surface area contributed by atoms with Crippen LogP contribution >= 0.6 is 15.9 Å². The Kier molecular flexibility index (Phi) is 4.48. The summed E-state index contributed by atoms with van der Waals surface area (Å²) in [6, 6.07) is 11.8. The van der Waals surface area contributed by atoms with E-state index in [-0.39, 0.29) is 0 Å². The Bertz CT molecular complexity index is 581. The lowest BCUT2D eigenvalue weighted by Crippen LogP contribution is -2.04. The molecular formula is C16H18BrNO. The normalized spacial score (nSPS) is 10.5. The predicted octanol–water partition coefficient (Wildman–Crippen LogP) is 4.64. The van der Waals surface area contributed by atoms with Crippen LogP contribution < -0.4 is 5.32 Å². The lowest BCUT2D eigenvalue weighted by molar-refractivity contribution is 0.469. The summed E-state index contributed by atoms with van der Waals surface area (Å²) in [6.45, 7) is 4.86. The molecular weight excluding hydrogens is 302 g/mol. The van der Waals surface area contributed by atoms with Gasteiger partial charge in [0.05, 0.1) is 0 Å². The van der Waals surface area contributed by atoms with Crippen LogP contribution in [0.15, 0.2) is 40.9 Å². The molecule has 0 saturated heterocycles. The summed E-state index contributed by atoms with van der Waals surface area (Å²) in [5, 5.41) is 13.3. The third-order valence-corrected chi connectivity index (χ3v) is 3.73. The van der Waals surface area contributed by atoms with Crippen LogP contribution in [-0.4, -0.2) is 5.11 Å². The zero-order chi connectivity index (χ0) is 13.8. The van der Waals surface area contributed by atoms with Crippen LogP contribution in [-0.2, 0) is 13.0 Å². The molecule has 2 N–H and O–H groups in total. The Morgan fingerprint density at radius 2 is 1.95 bits per heavy atom. The maximum absolute atomic E-state index is 9.85. The van der Waals surface area contributed by atoms with Gasteiger partial charge in [-0.2, -0.15) is 0 Å². The van der Waals surface area contributed by atoms with Crippen molar-refractivity contribution in [3.05, 3.63) is 57.6 Å². The molecule has 2 rings (SSSR count). The van der Waals surface area contributed by atoms with Crippen LogP contribution in [0.3, 0.4) is 0 Å². The van der Waals surface area contributed by atoms with E-state index in [4.69, 9.17) is 0 Å². The molecule has 0 aliphatic heterocycles. The minimum absolute atomic E-state index is 0.322. The largest absolute Gasteiger partial charge is 0.508 e. The number of para-hydroxylation sites is 1. The molecule has 0 radical (unpaired) electrons. The van der Waals surface area contributed by atoms with Gasteiger partial charge < -0.3 is 10.4 Å². The first-order valence-electron chi connectivity index (χ1n) is 6.41. The van der Waals surface area contributed by atoms with Crippen molar-refractivity contribution in [1.29, 1.82) is 0 Å². The Morgan fingerprint density at radius 1 is 1.16 bits per heavy atom. The Balaban J connectivity index is 2.21. The van der Waals surface area contributed by atoms with E-state index in [9.17, 15) is 5.11 Å². The van der Waals surface area contributed by atoms with E-state index in [1.165, 1.54) is 16.8 Å². The molecule has 100 valence electrons. The van der Waals surface area contributed by atoms with Crippen molar-refractivity contribution in [1.82, 2.24) is 0 Å². The van der Waals surface area contributed by atoms with Gasteiger partial charge in [0.15, 0.2) is 0 Å². The van der Waals surface area contributed by atoms with Crippen LogP contribution in [0.25, 0.3) is 0 Å². The second kappa shape index (κ2) is 6.11. The van der Waals surface area contributed by atoms with Crippen LogP contribution in [0.4, 0.5) is 5.69 Å². The molecule has 2 nitrogen and oxygen atoms in total. The van der Waals surface area contributed by atoms with E-state index < -0.39 is 0 Å². The van der Waals surface area contributed by atoms with Gasteiger partial charge in [0.25, 0.3) is 0 Å². The Labute approximate surface area is 122 Å². The van der Waals surface area contributed by atoms with Gasteiger partial charge in [-0.25, -0.2) is 0 Å². The van der Waals surface area contributed by atoms with E-state index in [1.54, 1.807) is 6.07 Å². The molecule has 3 heteroatoms. The molecule has 0 saturated carbocycles. The van der Waals surface area contributed by atoms with Gasteiger partial charge in [0, 0.05) is 22.3 Å². The molecule has 2 aromatic carbocycles. The highest BCUT2D eigenvalue weighted by molar-refractivity contribution is 9.10. The molecule has 0 unspecified atom stereocenters. The predicted molar refractivity (Wildman–Crippen MR) is 83.7 cm³/mol. The molecule has 0 atom stereocenters. The first kappa shape index (κ1) is 13.9. The standard InChI is InChI=1S/C16H18BrNO/c1-3-12-6-4-5-11(2)16(12)18-10-13-9-14(17)7-8-15(13)19/h4-9,18-19H,3,10H2,1-2H3. The molecule has 0 spiro atoms. The first-order valence-corrected chi connectivity index (χ1v) is 7.21. The Morgan fingerprint density at radius 3 is 2.68 bits per heavy atom. The summed E-state index contributed by atoms with van der Waals surface area (Å²) in [4.78, 5) is 0. The number of hydrogen-bond donors (Lipinski definition) is 2. The smallest absolute Gasteiger partial charge is 0.120 e. The highest BCUT2D eigenvalue weighted by atomic mass is 79.9. The SMILES string of the molecule is CCc1cccc(C)c1NCc1cc(Br)ccc1O. The highest BCUT2D eigenvalue weighted by Crippen LogP contribution is 2.25. The van der Waals surface area contributed by atoms with E-state index in [0.717, 1.165) is 16.5 Å². The van der Waals surface area contributed by atoms with E-state index in [1.807, 2.05) is 12.1 Å². The summed E-state index contributed by atoms with van der Waals surface area (Å²) in [7, 11) is 0. The molecule has 0 aliphatic carbocycles. The highest BCUT2D eigenvalue weighted by Gasteiger charge is 2.06. The fourth-order valence-electron chi connectivity index (χ4n) is 2.16. The van der Waals surface area contributed by atoms with Crippen molar-refractivity contribution in [2.45, 2.75) is 26.8 Å². The van der Waals surface area contributed by atoms with Gasteiger partial charge in [-0.1, -0.05) is 41.1 Å². The molecule has 0 fully saturated rings. The van der Waals surface area contributed by atoms with Crippen molar-refractivity contribution in [2.24, 2.45) is 0 Å². The van der Waals surface area contributed by atoms with E-state index >= 15 is 0 Å². The summed E-state index contributed by atoms with van der Waals surface area (Å²) < 4.78 is 0.975. The van der Waals surface area contributed by atoms with Crippen LogP contribution in [0.1, 0.15) is 23.6 Å². The van der Waals surface area contributed by atoms with Crippen molar-refractivity contribution in [3.8, 4) is 5.75 Å². The van der Waals surface area contributed by atoms with Gasteiger partial charge in [0.2, 0.25) is 0 Å². The fraction of sp³-hybridized carbons (Fsp3) is 0.250. The van der Waals surface area contributed by atoms with Gasteiger partial charge in [-0.05, 0) is 42.7 Å². The minimum atomic E-state index is 0.322. The number of hydrogen-bond acceptors (Lipinski definition) is 2. The zero-order valence-corrected chi connectivity index (χ0v) is 12.8. The third-order valence-electron chi connectivity index (χ3n) is 3.24. The number of halogens is 1. The average molecular weight is 320 g/mol. The zero-order valence-electron chi connectivity index (χ0n) is 11.2. The number of benzene rings is 2. The Hall–Kier alpha value is -1.48. The molecule has 0 aliphatic rings. The number of phenols is 1. The maximum atomic E-state index is 9.85. The number of anilines is 1. The topological polar surface area (TPSA) is 32.3 Å². The van der Waals surface area contributed by atoms with Crippen LogP contribution in [0.5, 0.6) is 5.75 Å². The summed E-state index contributed by atoms with van der Waals surface area (Å²) in [5.41, 5.74) is 4.59. The van der Waals surface area contributed by atoms with Crippen molar-refractivity contribution < 1.29 is 5.11 Å². The van der Waals surface area contributed by atoms with E-state index in [0.29, 0.717) is 12.3 Å². The maximum Gasteiger partial charge on any atom is 0.120 e. The molecule has 0 heterocycles. The quantitative estimate of drug-likeness (QED) is 0.860. The number of aromatic hydroxyl groups is 1. The summed E-state index contributed by atoms with van der Waals surface area (Å²) in [6.07, 6.45) is 0.995. The average Bonchev–Trinajstić information content (AvgIpc) is 2.40. The first-order chi connectivity index (χ1) is 9.11. The third kappa shape index (κ3) is 3.29. The molecule has 0 bridgehead atoms.